The molecule has 0 aromatic rings. The van der Waals surface area contributed by atoms with Crippen molar-refractivity contribution in [3.8, 4) is 0 Å². The standard InChI is InChI=1S/C13H26N2O4S/c1-4-13(16)14-9-5-6-10-15(2,3)11-7-8-12-20(17,18)19/h4H,1,5-12H2,2-3H3,(H-,14,16,17,18,19)/p+1. The first-order valence-electron chi connectivity index (χ1n) is 6.84. The van der Waals surface area contributed by atoms with Crippen molar-refractivity contribution >= 4 is 16.0 Å². The molecule has 0 saturated heterocycles. The van der Waals surface area contributed by atoms with Gasteiger partial charge in [-0.15, -0.1) is 0 Å². The summed E-state index contributed by atoms with van der Waals surface area (Å²) in [7, 11) is 0.354. The summed E-state index contributed by atoms with van der Waals surface area (Å²) in [5.41, 5.74) is 0. The van der Waals surface area contributed by atoms with Crippen molar-refractivity contribution in [2.75, 3.05) is 39.5 Å². The van der Waals surface area contributed by atoms with Crippen LogP contribution in [0.5, 0.6) is 0 Å². The molecule has 0 unspecified atom stereocenters. The van der Waals surface area contributed by atoms with Crippen LogP contribution in [0.3, 0.4) is 0 Å². The summed E-state index contributed by atoms with van der Waals surface area (Å²) < 4.78 is 30.6. The highest BCUT2D eigenvalue weighted by Gasteiger charge is 2.14. The van der Waals surface area contributed by atoms with Gasteiger partial charge in [0.05, 0.1) is 32.9 Å². The Morgan fingerprint density at radius 3 is 2.25 bits per heavy atom. The summed E-state index contributed by atoms with van der Waals surface area (Å²) in [5, 5.41) is 2.73. The number of unbranched alkanes of at least 4 members (excludes halogenated alkanes) is 2. The van der Waals surface area contributed by atoms with Gasteiger partial charge in [0.15, 0.2) is 0 Å². The van der Waals surface area contributed by atoms with Crippen LogP contribution in [0.25, 0.3) is 0 Å². The van der Waals surface area contributed by atoms with Crippen LogP contribution >= 0.6 is 0 Å². The van der Waals surface area contributed by atoms with E-state index >= 15 is 0 Å². The summed E-state index contributed by atoms with van der Waals surface area (Å²) in [6.07, 6.45) is 4.40. The Bertz CT molecular complexity index is 405. The minimum atomic E-state index is -3.83. The van der Waals surface area contributed by atoms with Crippen molar-refractivity contribution in [2.24, 2.45) is 0 Å². The van der Waals surface area contributed by atoms with Crippen LogP contribution in [0, 0.1) is 0 Å². The highest BCUT2D eigenvalue weighted by molar-refractivity contribution is 7.85. The maximum Gasteiger partial charge on any atom is 0.264 e. The molecule has 2 N–H and O–H groups in total. The lowest BCUT2D eigenvalue weighted by Gasteiger charge is -2.29. The minimum Gasteiger partial charge on any atom is -0.353 e. The van der Waals surface area contributed by atoms with Crippen LogP contribution < -0.4 is 5.32 Å². The summed E-state index contributed by atoms with van der Waals surface area (Å²) in [5.74, 6) is -0.315. The second kappa shape index (κ2) is 9.10. The monoisotopic (exact) mass is 307 g/mol. The van der Waals surface area contributed by atoms with Crippen LogP contribution in [0.2, 0.25) is 0 Å². The Morgan fingerprint density at radius 1 is 1.20 bits per heavy atom. The van der Waals surface area contributed by atoms with Gasteiger partial charge < -0.3 is 9.80 Å². The lowest BCUT2D eigenvalue weighted by molar-refractivity contribution is -0.890. The fourth-order valence-electron chi connectivity index (χ4n) is 1.88. The van der Waals surface area contributed by atoms with Crippen LogP contribution in [-0.2, 0) is 14.9 Å². The number of nitrogens with zero attached hydrogens (tertiary/aromatic N) is 1. The van der Waals surface area contributed by atoms with Gasteiger partial charge >= 0.3 is 0 Å². The van der Waals surface area contributed by atoms with Gasteiger partial charge in [-0.05, 0) is 31.8 Å². The van der Waals surface area contributed by atoms with Crippen LogP contribution in [0.15, 0.2) is 12.7 Å². The van der Waals surface area contributed by atoms with Crippen LogP contribution in [0.1, 0.15) is 25.7 Å². The third kappa shape index (κ3) is 12.1. The van der Waals surface area contributed by atoms with E-state index in [0.717, 1.165) is 36.8 Å². The number of rotatable bonds is 11. The van der Waals surface area contributed by atoms with E-state index in [0.29, 0.717) is 13.0 Å². The molecule has 1 amide bonds. The highest BCUT2D eigenvalue weighted by Crippen LogP contribution is 2.05. The van der Waals surface area contributed by atoms with Crippen molar-refractivity contribution in [3.63, 3.8) is 0 Å². The average Bonchev–Trinajstić information content (AvgIpc) is 2.33. The molecule has 0 aliphatic rings. The lowest BCUT2D eigenvalue weighted by Crippen LogP contribution is -2.41. The average molecular weight is 307 g/mol. The van der Waals surface area contributed by atoms with Gasteiger partial charge in [0.25, 0.3) is 10.1 Å². The van der Waals surface area contributed by atoms with E-state index in [1.54, 1.807) is 0 Å². The molecule has 0 rings (SSSR count). The Balaban J connectivity index is 3.68. The third-order valence-electron chi connectivity index (χ3n) is 3.09. The predicted molar refractivity (Wildman–Crippen MR) is 79.9 cm³/mol. The molecule has 0 heterocycles. The molecule has 0 saturated carbocycles. The zero-order valence-corrected chi connectivity index (χ0v) is 13.3. The number of quaternary nitrogens is 1. The maximum atomic E-state index is 10.9. The smallest absolute Gasteiger partial charge is 0.264 e. The fraction of sp³-hybridized carbons (Fsp3) is 0.769. The van der Waals surface area contributed by atoms with Gasteiger partial charge in [0.2, 0.25) is 5.91 Å². The van der Waals surface area contributed by atoms with Crippen molar-refractivity contribution < 1.29 is 22.2 Å². The van der Waals surface area contributed by atoms with E-state index < -0.39 is 10.1 Å². The highest BCUT2D eigenvalue weighted by atomic mass is 32.2. The van der Waals surface area contributed by atoms with E-state index in [1.165, 1.54) is 6.08 Å². The molecular weight excluding hydrogens is 280 g/mol. The van der Waals surface area contributed by atoms with Gasteiger partial charge in [-0.1, -0.05) is 6.58 Å². The molecule has 0 aromatic heterocycles. The molecule has 0 bridgehead atoms. The number of carbonyl (C=O) groups is 1. The van der Waals surface area contributed by atoms with Gasteiger partial charge in [-0.25, -0.2) is 0 Å². The summed E-state index contributed by atoms with van der Waals surface area (Å²) in [6.45, 7) is 5.87. The first-order valence-corrected chi connectivity index (χ1v) is 8.45. The van der Waals surface area contributed by atoms with Crippen LogP contribution in [-0.4, -0.2) is 62.8 Å². The topological polar surface area (TPSA) is 83.5 Å². The Labute approximate surface area is 122 Å². The van der Waals surface area contributed by atoms with E-state index in [2.05, 4.69) is 26.0 Å². The molecule has 0 radical (unpaired) electrons. The lowest BCUT2D eigenvalue weighted by atomic mass is 10.2. The zero-order valence-electron chi connectivity index (χ0n) is 12.5. The quantitative estimate of drug-likeness (QED) is 0.256. The van der Waals surface area contributed by atoms with Gasteiger partial charge in [-0.2, -0.15) is 8.42 Å². The van der Waals surface area contributed by atoms with Gasteiger partial charge in [0, 0.05) is 6.54 Å². The zero-order chi connectivity index (χ0) is 15.6. The minimum absolute atomic E-state index is 0.149. The molecule has 0 aliphatic carbocycles. The molecule has 0 fully saturated rings. The predicted octanol–water partition coefficient (Wildman–Crippen LogP) is 0.813. The normalized spacial score (nSPS) is 12.2. The second-order valence-corrected chi connectivity index (χ2v) is 7.15. The first-order chi connectivity index (χ1) is 9.16. The second-order valence-electron chi connectivity index (χ2n) is 5.58. The number of amides is 1. The van der Waals surface area contributed by atoms with Gasteiger partial charge in [-0.3, -0.25) is 9.35 Å². The fourth-order valence-corrected chi connectivity index (χ4v) is 2.45. The summed E-state index contributed by atoms with van der Waals surface area (Å²) >= 11 is 0. The number of hydrogen-bond donors (Lipinski definition) is 2. The molecule has 6 nitrogen and oxygen atoms in total. The van der Waals surface area contributed by atoms with E-state index in [4.69, 9.17) is 4.55 Å². The number of hydrogen-bond acceptors (Lipinski definition) is 3. The van der Waals surface area contributed by atoms with Crippen molar-refractivity contribution in [1.29, 1.82) is 0 Å². The summed E-state index contributed by atoms with van der Waals surface area (Å²) in [4.78, 5) is 10.9. The Kier molecular flexibility index (Phi) is 8.68. The number of nitrogens with one attached hydrogen (secondary N) is 1. The van der Waals surface area contributed by atoms with Crippen molar-refractivity contribution in [3.05, 3.63) is 12.7 Å². The summed E-state index contributed by atoms with van der Waals surface area (Å²) in [6, 6.07) is 0. The van der Waals surface area contributed by atoms with Crippen molar-refractivity contribution in [2.45, 2.75) is 25.7 Å². The molecule has 7 heteroatoms. The van der Waals surface area contributed by atoms with Crippen LogP contribution in [0.4, 0.5) is 0 Å². The molecule has 0 aliphatic heterocycles. The Hall–Kier alpha value is -0.920. The molecule has 118 valence electrons. The maximum absolute atomic E-state index is 10.9. The Morgan fingerprint density at radius 2 is 1.75 bits per heavy atom. The molecule has 0 aromatic carbocycles. The third-order valence-corrected chi connectivity index (χ3v) is 3.90. The van der Waals surface area contributed by atoms with E-state index in [9.17, 15) is 13.2 Å². The van der Waals surface area contributed by atoms with E-state index in [1.807, 2.05) is 0 Å². The molecular formula is C13H27N2O4S+. The SMILES string of the molecule is C=CC(=O)NCCCC[N+](C)(C)CCCCS(=O)(=O)O. The van der Waals surface area contributed by atoms with E-state index in [-0.39, 0.29) is 11.7 Å². The van der Waals surface area contributed by atoms with Crippen molar-refractivity contribution in [1.82, 2.24) is 5.32 Å². The first kappa shape index (κ1) is 19.1. The largest absolute Gasteiger partial charge is 0.353 e. The number of carbonyl (C=O) groups excluding carboxylic acids is 1. The molecule has 0 spiro atoms. The molecule has 20 heavy (non-hydrogen) atoms. The molecule has 0 atom stereocenters. The van der Waals surface area contributed by atoms with Gasteiger partial charge in [0.1, 0.15) is 0 Å².